The number of hydrogen-bond acceptors (Lipinski definition) is 1. The van der Waals surface area contributed by atoms with Crippen molar-refractivity contribution in [1.29, 1.82) is 0 Å². The molecule has 0 aliphatic rings. The molecule has 340 valence electrons. The molecule has 7 aromatic rings. The van der Waals surface area contributed by atoms with Gasteiger partial charge in [0.1, 0.15) is 58.2 Å². The lowest BCUT2D eigenvalue weighted by atomic mass is 9.12. The molecule has 1 heterocycles. The fourth-order valence-corrected chi connectivity index (χ4v) is 7.46. The van der Waals surface area contributed by atoms with Gasteiger partial charge in [-0.1, -0.05) is 42.5 Å². The maximum Gasteiger partial charge on any atom is 0.369 e. The van der Waals surface area contributed by atoms with Gasteiger partial charge in [0.2, 0.25) is 5.52 Å². The Bertz CT molecular complexity index is 2660. The monoisotopic (exact) mass is 1010 g/mol. The molecule has 2 nitrogen and oxygen atoms in total. The molecule has 0 unspecified atom stereocenters. The van der Waals surface area contributed by atoms with E-state index in [0.29, 0.717) is 5.52 Å². The van der Waals surface area contributed by atoms with Gasteiger partial charge in [0.25, 0.3) is 0 Å². The van der Waals surface area contributed by atoms with Crippen molar-refractivity contribution in [2.24, 2.45) is 0 Å². The van der Waals surface area contributed by atoms with E-state index in [1.165, 1.54) is 16.5 Å². The van der Waals surface area contributed by atoms with Crippen LogP contribution in [0, 0.1) is 116 Å². The van der Waals surface area contributed by atoms with E-state index in [0.717, 1.165) is 12.4 Å². The van der Waals surface area contributed by atoms with Crippen molar-refractivity contribution in [2.75, 3.05) is 5.52 Å². The third kappa shape index (κ3) is 7.67. The number of ether oxygens (including phenoxy) is 1. The molecule has 7 rings (SSSR count). The molecule has 0 spiro atoms. The van der Waals surface area contributed by atoms with Crippen LogP contribution in [0.15, 0.2) is 66.7 Å². The Kier molecular flexibility index (Phi) is 13.5. The summed E-state index contributed by atoms with van der Waals surface area (Å²) in [6, 6.07) is 22.9. The Morgan fingerprint density at radius 2 is 0.646 bits per heavy atom. The van der Waals surface area contributed by atoms with E-state index in [9.17, 15) is 52.7 Å². The fourth-order valence-electron chi connectivity index (χ4n) is 7.23. The smallest absolute Gasteiger partial charge is 0.369 e. The Morgan fingerprint density at radius 1 is 0.354 bits per heavy atom. The number of aromatic nitrogens is 1. The first-order valence-electron chi connectivity index (χ1n) is 17.5. The Balaban J connectivity index is 0.000000289. The van der Waals surface area contributed by atoms with E-state index < -0.39 is 144 Å². The minimum atomic E-state index is -7.22. The molecule has 1 aromatic heterocycles. The zero-order valence-electron chi connectivity index (χ0n) is 31.1. The van der Waals surface area contributed by atoms with Gasteiger partial charge >= 0.3 is 5.88 Å². The second kappa shape index (κ2) is 18.3. The van der Waals surface area contributed by atoms with E-state index in [2.05, 4.69) is 75.1 Å². The molecule has 0 saturated carbocycles. The number of benzene rings is 6. The molecule has 0 amide bonds. The number of alkyl halides is 1. The van der Waals surface area contributed by atoms with Gasteiger partial charge in [0.15, 0.2) is 76.4 Å². The second-order valence-corrected chi connectivity index (χ2v) is 13.8. The molecule has 0 bridgehead atoms. The number of hydrogen-bond donors (Lipinski definition) is 0. The molecule has 6 aromatic carbocycles. The van der Waals surface area contributed by atoms with E-state index in [1.54, 1.807) is 0 Å². The van der Waals surface area contributed by atoms with Crippen LogP contribution in [0.3, 0.4) is 0 Å². The summed E-state index contributed by atoms with van der Waals surface area (Å²) < 4.78 is 302. The maximum absolute atomic E-state index is 15.4. The molecule has 0 radical (unpaired) electrons. The highest BCUT2D eigenvalue weighted by Crippen LogP contribution is 2.31. The van der Waals surface area contributed by atoms with E-state index in [4.69, 9.17) is 4.74 Å². The van der Waals surface area contributed by atoms with Crippen molar-refractivity contribution in [3.63, 3.8) is 0 Å². The average Bonchev–Trinajstić information content (AvgIpc) is 3.30. The number of nitrogens with zero attached hydrogens (tertiary/aromatic N) is 1. The zero-order valence-corrected chi connectivity index (χ0v) is 32.7. The SMILES string of the molecule is BrCOc1ccc2ccccc2[n+]1Cc1ccccc1.Fc1c(F)c(F)c([B-](c2c(F)c(F)c(F)c(F)c2F)(c2c(F)c(F)c(F)c(F)c2F)c2c(F)c(F)c(F)c(F)c2F)c(F)c1F. The van der Waals surface area contributed by atoms with Crippen LogP contribution in [-0.4, -0.2) is 11.7 Å². The van der Waals surface area contributed by atoms with Gasteiger partial charge < -0.3 is 4.74 Å². The maximum atomic E-state index is 15.4. The van der Waals surface area contributed by atoms with Crippen LogP contribution in [0.25, 0.3) is 10.9 Å². The molecule has 0 saturated heterocycles. The van der Waals surface area contributed by atoms with Crippen molar-refractivity contribution in [1.82, 2.24) is 0 Å². The molecule has 24 heteroatoms. The van der Waals surface area contributed by atoms with Gasteiger partial charge in [0.05, 0.1) is 6.07 Å². The van der Waals surface area contributed by atoms with Gasteiger partial charge in [-0.2, -0.15) is 4.57 Å². The van der Waals surface area contributed by atoms with Gasteiger partial charge in [-0.25, -0.2) is 87.8 Å². The lowest BCUT2D eigenvalue weighted by Gasteiger charge is -2.44. The van der Waals surface area contributed by atoms with Crippen molar-refractivity contribution in [3.05, 3.63) is 189 Å². The summed E-state index contributed by atoms with van der Waals surface area (Å²) in [7, 11) is 0. The van der Waals surface area contributed by atoms with Crippen LogP contribution in [0.5, 0.6) is 5.88 Å². The normalized spacial score (nSPS) is 11.6. The summed E-state index contributed by atoms with van der Waals surface area (Å²) in [5, 5.41) is 1.21. The molecule has 0 aliphatic heterocycles. The number of pyridine rings is 1. The third-order valence-electron chi connectivity index (χ3n) is 9.99. The first kappa shape index (κ1) is 48.1. The molecular formula is C41H15BBrF20NO. The number of halogens is 21. The topological polar surface area (TPSA) is 13.1 Å². The lowest BCUT2D eigenvalue weighted by molar-refractivity contribution is -0.667. The fraction of sp³-hybridized carbons (Fsp3) is 0.0488. The summed E-state index contributed by atoms with van der Waals surface area (Å²) in [6.07, 6.45) is -7.22. The number of fused-ring (bicyclic) bond motifs is 1. The van der Waals surface area contributed by atoms with Crippen LogP contribution in [-0.2, 0) is 6.54 Å². The highest BCUT2D eigenvalue weighted by molar-refractivity contribution is 9.09. The highest BCUT2D eigenvalue weighted by atomic mass is 79.9. The summed E-state index contributed by atoms with van der Waals surface area (Å²) in [5.74, 6) is -70.5. The van der Waals surface area contributed by atoms with Gasteiger partial charge in [0, 0.05) is 17.0 Å². The van der Waals surface area contributed by atoms with Gasteiger partial charge in [-0.05, 0) is 28.1 Å². The standard InChI is InChI=1S/C24BF20.C17H15BrNO/c26-5-1(6(27)14(35)21(42)13(5)34)25(2-7(28)15(36)22(43)16(37)8(2)29,3-9(30)17(38)23(44)18(39)10(3)31)4-11(32)19(40)24(45)20(41)12(4)33;18-13-20-17-11-10-15-8-4-5-9-16(15)19(17)12-14-6-2-1-3-7-14/h;1-11H,12-13H2/q-1;+1. The Labute approximate surface area is 358 Å². The van der Waals surface area contributed by atoms with Crippen molar-refractivity contribution in [3.8, 4) is 5.88 Å². The Morgan fingerprint density at radius 3 is 0.969 bits per heavy atom. The molecule has 0 fully saturated rings. The van der Waals surface area contributed by atoms with E-state index in [1.807, 2.05) is 12.1 Å². The van der Waals surface area contributed by atoms with Gasteiger partial charge in [-0.15, -0.1) is 21.9 Å². The summed E-state index contributed by atoms with van der Waals surface area (Å²) in [5.41, 5.74) is -11.4. The predicted molar refractivity (Wildman–Crippen MR) is 193 cm³/mol. The van der Waals surface area contributed by atoms with Crippen LogP contribution in [0.2, 0.25) is 0 Å². The van der Waals surface area contributed by atoms with E-state index in [-0.39, 0.29) is 0 Å². The summed E-state index contributed by atoms with van der Waals surface area (Å²) in [4.78, 5) is 0. The minimum absolute atomic E-state index is 0.486. The summed E-state index contributed by atoms with van der Waals surface area (Å²) in [6.45, 7) is 0.796. The van der Waals surface area contributed by atoms with Crippen molar-refractivity contribution in [2.45, 2.75) is 6.54 Å². The van der Waals surface area contributed by atoms with Crippen molar-refractivity contribution < 1.29 is 97.1 Å². The van der Waals surface area contributed by atoms with Crippen molar-refractivity contribution >= 4 is 54.8 Å². The quantitative estimate of drug-likeness (QED) is 0.0370. The lowest BCUT2D eigenvalue weighted by Crippen LogP contribution is -2.81. The Hall–Kier alpha value is -6.33. The highest BCUT2D eigenvalue weighted by Gasteiger charge is 2.52. The first-order valence-corrected chi connectivity index (χ1v) is 18.6. The second-order valence-electron chi connectivity index (χ2n) is 13.4. The average molecular weight is 1010 g/mol. The van der Waals surface area contributed by atoms with E-state index >= 15 is 35.1 Å². The molecule has 0 N–H and O–H groups in total. The molecule has 0 atom stereocenters. The zero-order chi connectivity index (χ0) is 48.1. The largest absolute Gasteiger partial charge is 0.433 e. The number of rotatable bonds is 8. The predicted octanol–water partition coefficient (Wildman–Crippen LogP) is 9.75. The minimum Gasteiger partial charge on any atom is -0.433 e. The van der Waals surface area contributed by atoms with Crippen LogP contribution >= 0.6 is 15.9 Å². The molecular weight excluding hydrogens is 993 g/mol. The number of para-hydroxylation sites is 1. The third-order valence-corrected chi connectivity index (χ3v) is 10.2. The summed E-state index contributed by atoms with van der Waals surface area (Å²) >= 11 is 3.33. The molecule has 65 heavy (non-hydrogen) atoms. The van der Waals surface area contributed by atoms with Crippen LogP contribution in [0.4, 0.5) is 87.8 Å². The van der Waals surface area contributed by atoms with Crippen LogP contribution < -0.4 is 31.2 Å². The van der Waals surface area contributed by atoms with Gasteiger partial charge in [-0.3, -0.25) is 0 Å². The molecule has 0 aliphatic carbocycles. The van der Waals surface area contributed by atoms with Crippen LogP contribution in [0.1, 0.15) is 5.56 Å². The first-order chi connectivity index (χ1) is 30.6.